The Kier molecular flexibility index (Phi) is 4.76. The molecule has 1 heterocycles. The van der Waals surface area contributed by atoms with Crippen LogP contribution >= 0.6 is 43.2 Å². The first-order chi connectivity index (χ1) is 9.70. The molecule has 9 heteroatoms. The monoisotopic (exact) mass is 453 g/mol. The topological polar surface area (TPSA) is 83.5 Å². The second-order valence-electron chi connectivity index (χ2n) is 4.12. The Balaban J connectivity index is 2.43. The molecule has 0 fully saturated rings. The van der Waals surface area contributed by atoms with E-state index in [0.29, 0.717) is 5.69 Å². The zero-order chi connectivity index (χ0) is 15.8. The fourth-order valence-corrected chi connectivity index (χ4v) is 5.43. The third kappa shape index (κ3) is 3.65. The van der Waals surface area contributed by atoms with Gasteiger partial charge in [0.05, 0.1) is 9.47 Å². The summed E-state index contributed by atoms with van der Waals surface area (Å²) in [5, 5.41) is 8.93. The van der Waals surface area contributed by atoms with Gasteiger partial charge in [0.25, 0.3) is 10.0 Å². The van der Waals surface area contributed by atoms with Crippen LogP contribution < -0.4 is 4.72 Å². The van der Waals surface area contributed by atoms with Crippen LogP contribution in [0.25, 0.3) is 0 Å². The van der Waals surface area contributed by atoms with Crippen molar-refractivity contribution in [1.29, 1.82) is 0 Å². The molecule has 0 unspecified atom stereocenters. The van der Waals surface area contributed by atoms with Crippen molar-refractivity contribution in [3.05, 3.63) is 43.0 Å². The molecule has 0 saturated carbocycles. The quantitative estimate of drug-likeness (QED) is 0.728. The first kappa shape index (κ1) is 16.5. The van der Waals surface area contributed by atoms with Crippen molar-refractivity contribution in [2.75, 3.05) is 4.72 Å². The number of aromatic carboxylic acids is 1. The van der Waals surface area contributed by atoms with Crippen molar-refractivity contribution < 1.29 is 18.3 Å². The number of carboxylic acid groups (broad SMARTS) is 1. The van der Waals surface area contributed by atoms with Gasteiger partial charge in [-0.1, -0.05) is 22.0 Å². The zero-order valence-corrected chi connectivity index (χ0v) is 15.4. The predicted octanol–water partition coefficient (Wildman–Crippen LogP) is 4.08. The van der Waals surface area contributed by atoms with Gasteiger partial charge in [-0.25, -0.2) is 13.2 Å². The minimum atomic E-state index is -3.87. The van der Waals surface area contributed by atoms with Crippen LogP contribution in [0.3, 0.4) is 0 Å². The van der Waals surface area contributed by atoms with Crippen LogP contribution in [-0.2, 0) is 10.0 Å². The summed E-state index contributed by atoms with van der Waals surface area (Å²) in [5.41, 5.74) is 1.19. The molecule has 0 bridgehead atoms. The summed E-state index contributed by atoms with van der Waals surface area (Å²) >= 11 is 7.23. The number of benzene rings is 1. The molecule has 1 aromatic carbocycles. The van der Waals surface area contributed by atoms with Gasteiger partial charge in [-0.3, -0.25) is 4.72 Å². The molecular formula is C12H9Br2NO4S2. The summed E-state index contributed by atoms with van der Waals surface area (Å²) in [6.07, 6.45) is 0. The normalized spacial score (nSPS) is 11.4. The molecule has 0 radical (unpaired) electrons. The number of sulfonamides is 1. The molecular weight excluding hydrogens is 446 g/mol. The van der Waals surface area contributed by atoms with Gasteiger partial charge in [0.1, 0.15) is 9.77 Å². The van der Waals surface area contributed by atoms with Crippen molar-refractivity contribution in [1.82, 2.24) is 0 Å². The maximum atomic E-state index is 12.4. The van der Waals surface area contributed by atoms with Gasteiger partial charge in [-0.15, -0.1) is 11.3 Å². The van der Waals surface area contributed by atoms with Crippen molar-refractivity contribution in [3.8, 4) is 0 Å². The Morgan fingerprint density at radius 3 is 2.52 bits per heavy atom. The minimum absolute atomic E-state index is 0.0479. The lowest BCUT2D eigenvalue weighted by molar-refractivity contribution is 0.0702. The zero-order valence-electron chi connectivity index (χ0n) is 10.6. The van der Waals surface area contributed by atoms with Crippen LogP contribution in [0, 0.1) is 6.92 Å². The van der Waals surface area contributed by atoms with Crippen LogP contribution in [0.4, 0.5) is 5.69 Å². The molecule has 0 saturated heterocycles. The molecule has 21 heavy (non-hydrogen) atoms. The number of carbonyl (C=O) groups is 1. The second kappa shape index (κ2) is 6.07. The van der Waals surface area contributed by atoms with Gasteiger partial charge >= 0.3 is 5.97 Å². The predicted molar refractivity (Wildman–Crippen MR) is 88.7 cm³/mol. The lowest BCUT2D eigenvalue weighted by Crippen LogP contribution is -2.13. The van der Waals surface area contributed by atoms with Crippen LogP contribution in [0.1, 0.15) is 15.2 Å². The Labute approximate surface area is 142 Å². The SMILES string of the molecule is Cc1ccc(Br)cc1NS(=O)(=O)c1cc(C(=O)O)sc1Br. The van der Waals surface area contributed by atoms with Crippen LogP contribution in [0.15, 0.2) is 37.4 Å². The van der Waals surface area contributed by atoms with Crippen molar-refractivity contribution in [2.45, 2.75) is 11.8 Å². The Hall–Kier alpha value is -0.900. The summed E-state index contributed by atoms with van der Waals surface area (Å²) in [4.78, 5) is 10.8. The first-order valence-corrected chi connectivity index (χ1v) is 9.41. The molecule has 0 aliphatic heterocycles. The lowest BCUT2D eigenvalue weighted by Gasteiger charge is -2.10. The number of anilines is 1. The van der Waals surface area contributed by atoms with Gasteiger partial charge in [-0.2, -0.15) is 0 Å². The number of aryl methyl sites for hydroxylation is 1. The summed E-state index contributed by atoms with van der Waals surface area (Å²) in [7, 11) is -3.87. The Morgan fingerprint density at radius 1 is 1.29 bits per heavy atom. The number of rotatable bonds is 4. The largest absolute Gasteiger partial charge is 0.477 e. The molecule has 0 spiro atoms. The highest BCUT2D eigenvalue weighted by atomic mass is 79.9. The fraction of sp³-hybridized carbons (Fsp3) is 0.0833. The molecule has 5 nitrogen and oxygen atoms in total. The highest BCUT2D eigenvalue weighted by molar-refractivity contribution is 9.11. The van der Waals surface area contributed by atoms with Crippen molar-refractivity contribution in [3.63, 3.8) is 0 Å². The van der Waals surface area contributed by atoms with E-state index in [1.807, 2.05) is 0 Å². The number of thiophene rings is 1. The van der Waals surface area contributed by atoms with Crippen molar-refractivity contribution >= 4 is 64.9 Å². The molecule has 2 rings (SSSR count). The van der Waals surface area contributed by atoms with Crippen molar-refractivity contribution in [2.24, 2.45) is 0 Å². The Bertz CT molecular complexity index is 815. The van der Waals surface area contributed by atoms with E-state index >= 15 is 0 Å². The van der Waals surface area contributed by atoms with Crippen LogP contribution in [0.2, 0.25) is 0 Å². The highest BCUT2D eigenvalue weighted by Gasteiger charge is 2.23. The molecule has 0 atom stereocenters. The van der Waals surface area contributed by atoms with Crippen LogP contribution in [0.5, 0.6) is 0 Å². The number of hydrogen-bond donors (Lipinski definition) is 2. The number of halogens is 2. The number of nitrogens with one attached hydrogen (secondary N) is 1. The molecule has 112 valence electrons. The van der Waals surface area contributed by atoms with Gasteiger partial charge in [0.2, 0.25) is 0 Å². The standard InChI is InChI=1S/C12H9Br2NO4S2/c1-6-2-3-7(13)4-8(6)15-21(18,19)10-5-9(12(16)17)20-11(10)14/h2-5,15H,1H3,(H,16,17). The van der Waals surface area contributed by atoms with E-state index in [9.17, 15) is 13.2 Å². The van der Waals surface area contributed by atoms with Gasteiger partial charge in [0, 0.05) is 4.47 Å². The molecule has 2 N–H and O–H groups in total. The van der Waals surface area contributed by atoms with E-state index in [4.69, 9.17) is 5.11 Å². The average Bonchev–Trinajstić information content (AvgIpc) is 2.77. The second-order valence-corrected chi connectivity index (χ2v) is 9.06. The van der Waals surface area contributed by atoms with E-state index in [-0.39, 0.29) is 13.6 Å². The molecule has 0 amide bonds. The smallest absolute Gasteiger partial charge is 0.345 e. The molecule has 1 aromatic heterocycles. The van der Waals surface area contributed by atoms with E-state index in [0.717, 1.165) is 27.4 Å². The third-order valence-electron chi connectivity index (χ3n) is 2.60. The van der Waals surface area contributed by atoms with E-state index in [2.05, 4.69) is 36.6 Å². The Morgan fingerprint density at radius 2 is 1.95 bits per heavy atom. The first-order valence-electron chi connectivity index (χ1n) is 5.52. The van der Waals surface area contributed by atoms with Gasteiger partial charge in [0.15, 0.2) is 0 Å². The lowest BCUT2D eigenvalue weighted by atomic mass is 10.2. The molecule has 2 aromatic rings. The number of carboxylic acids is 1. The molecule has 0 aliphatic rings. The summed E-state index contributed by atoms with van der Waals surface area (Å²) in [5.74, 6) is -1.17. The van der Waals surface area contributed by atoms with E-state index < -0.39 is 16.0 Å². The average molecular weight is 455 g/mol. The summed E-state index contributed by atoms with van der Waals surface area (Å²) in [6.45, 7) is 1.77. The maximum absolute atomic E-state index is 12.4. The van der Waals surface area contributed by atoms with Gasteiger partial charge in [-0.05, 0) is 46.6 Å². The number of hydrogen-bond acceptors (Lipinski definition) is 4. The van der Waals surface area contributed by atoms with E-state index in [1.54, 1.807) is 25.1 Å². The van der Waals surface area contributed by atoms with E-state index in [1.165, 1.54) is 0 Å². The third-order valence-corrected chi connectivity index (χ3v) is 6.70. The fourth-order valence-electron chi connectivity index (χ4n) is 1.54. The highest BCUT2D eigenvalue weighted by Crippen LogP contribution is 2.33. The summed E-state index contributed by atoms with van der Waals surface area (Å²) in [6, 6.07) is 6.35. The summed E-state index contributed by atoms with van der Waals surface area (Å²) < 4.78 is 28.2. The molecule has 0 aliphatic carbocycles. The minimum Gasteiger partial charge on any atom is -0.477 e. The van der Waals surface area contributed by atoms with Crippen LogP contribution in [-0.4, -0.2) is 19.5 Å². The van der Waals surface area contributed by atoms with Gasteiger partial charge < -0.3 is 5.11 Å². The maximum Gasteiger partial charge on any atom is 0.345 e.